The molecule has 2 heteroatoms. The zero-order chi connectivity index (χ0) is 9.31. The van der Waals surface area contributed by atoms with E-state index in [9.17, 15) is 0 Å². The van der Waals surface area contributed by atoms with Crippen molar-refractivity contribution in [2.45, 2.75) is 38.0 Å². The summed E-state index contributed by atoms with van der Waals surface area (Å²) in [5.41, 5.74) is 0.485. The molecule has 1 aliphatic rings. The van der Waals surface area contributed by atoms with Crippen LogP contribution in [0.2, 0.25) is 0 Å². The Kier molecular flexibility index (Phi) is 2.80. The molecule has 1 saturated carbocycles. The molecule has 72 valence electrons. The second kappa shape index (κ2) is 3.74. The van der Waals surface area contributed by atoms with Crippen molar-refractivity contribution in [2.75, 3.05) is 5.33 Å². The molecular weight excluding hydrogens is 244 g/mol. The van der Waals surface area contributed by atoms with Crippen LogP contribution < -0.4 is 0 Å². The van der Waals surface area contributed by atoms with Gasteiger partial charge in [-0.2, -0.15) is 0 Å². The third-order valence-corrected chi connectivity index (χ3v) is 5.40. The minimum Gasteiger partial charge on any atom is -0.145 e. The Morgan fingerprint density at radius 1 is 1.38 bits per heavy atom. The van der Waals surface area contributed by atoms with E-state index >= 15 is 0 Å². The lowest BCUT2D eigenvalue weighted by atomic mass is 9.87. The van der Waals surface area contributed by atoms with Gasteiger partial charge in [-0.1, -0.05) is 28.8 Å². The average Bonchev–Trinajstić information content (AvgIpc) is 2.73. The zero-order valence-corrected chi connectivity index (χ0v) is 10.4. The molecule has 0 aromatic carbocycles. The van der Waals surface area contributed by atoms with Gasteiger partial charge in [-0.3, -0.25) is 0 Å². The van der Waals surface area contributed by atoms with Crippen LogP contribution in [0.25, 0.3) is 0 Å². The van der Waals surface area contributed by atoms with E-state index in [0.29, 0.717) is 5.41 Å². The van der Waals surface area contributed by atoms with Gasteiger partial charge in [-0.15, -0.1) is 11.3 Å². The molecule has 1 aromatic rings. The molecule has 0 spiro atoms. The molecule has 1 aromatic heterocycles. The summed E-state index contributed by atoms with van der Waals surface area (Å²) in [7, 11) is 0. The highest BCUT2D eigenvalue weighted by Crippen LogP contribution is 2.44. The first-order chi connectivity index (χ1) is 6.27. The smallest absolute Gasteiger partial charge is 0.0144 e. The van der Waals surface area contributed by atoms with E-state index < -0.39 is 0 Å². The van der Waals surface area contributed by atoms with Crippen molar-refractivity contribution in [2.24, 2.45) is 0 Å². The van der Waals surface area contributed by atoms with Crippen molar-refractivity contribution >= 4 is 27.3 Å². The average molecular weight is 259 g/mol. The summed E-state index contributed by atoms with van der Waals surface area (Å²) in [4.78, 5) is 3.04. The second-order valence-corrected chi connectivity index (χ2v) is 5.88. The number of hydrogen-bond acceptors (Lipinski definition) is 1. The SMILES string of the molecule is Cc1ccc(C2(CBr)CCCC2)s1. The maximum absolute atomic E-state index is 3.69. The Bertz CT molecular complexity index is 284. The van der Waals surface area contributed by atoms with Crippen LogP contribution in [0.15, 0.2) is 12.1 Å². The Labute approximate surface area is 92.5 Å². The van der Waals surface area contributed by atoms with Gasteiger partial charge in [0.05, 0.1) is 0 Å². The van der Waals surface area contributed by atoms with Crippen LogP contribution in [-0.4, -0.2) is 5.33 Å². The zero-order valence-electron chi connectivity index (χ0n) is 7.98. The van der Waals surface area contributed by atoms with Gasteiger partial charge in [0.25, 0.3) is 0 Å². The molecule has 0 nitrogen and oxygen atoms in total. The van der Waals surface area contributed by atoms with Crippen molar-refractivity contribution in [1.29, 1.82) is 0 Å². The van der Waals surface area contributed by atoms with Crippen molar-refractivity contribution in [3.8, 4) is 0 Å². The molecule has 0 radical (unpaired) electrons. The van der Waals surface area contributed by atoms with E-state index in [4.69, 9.17) is 0 Å². The van der Waals surface area contributed by atoms with Gasteiger partial charge in [0.1, 0.15) is 0 Å². The monoisotopic (exact) mass is 258 g/mol. The first-order valence-corrected chi connectivity index (χ1v) is 6.83. The summed E-state index contributed by atoms with van der Waals surface area (Å²) < 4.78 is 0. The molecule has 0 N–H and O–H groups in total. The standard InChI is InChI=1S/C11H15BrS/c1-9-4-5-10(13-9)11(8-12)6-2-3-7-11/h4-5H,2-3,6-8H2,1H3. The van der Waals surface area contributed by atoms with Crippen molar-refractivity contribution in [3.63, 3.8) is 0 Å². The Morgan fingerprint density at radius 2 is 2.08 bits per heavy atom. The van der Waals surface area contributed by atoms with Crippen LogP contribution in [0.5, 0.6) is 0 Å². The molecule has 0 saturated heterocycles. The van der Waals surface area contributed by atoms with Crippen LogP contribution in [0, 0.1) is 6.92 Å². The first kappa shape index (κ1) is 9.72. The number of thiophene rings is 1. The van der Waals surface area contributed by atoms with Gasteiger partial charge >= 0.3 is 0 Å². The molecular formula is C11H15BrS. The van der Waals surface area contributed by atoms with Crippen LogP contribution in [0.4, 0.5) is 0 Å². The van der Waals surface area contributed by atoms with Gasteiger partial charge in [0.2, 0.25) is 0 Å². The summed E-state index contributed by atoms with van der Waals surface area (Å²) >= 11 is 5.66. The van der Waals surface area contributed by atoms with Crippen molar-refractivity contribution < 1.29 is 0 Å². The predicted octanol–water partition coefficient (Wildman–Crippen LogP) is 4.26. The van der Waals surface area contributed by atoms with Crippen molar-refractivity contribution in [3.05, 3.63) is 21.9 Å². The molecule has 1 heterocycles. The van der Waals surface area contributed by atoms with E-state index in [2.05, 4.69) is 35.0 Å². The highest BCUT2D eigenvalue weighted by Gasteiger charge is 2.35. The topological polar surface area (TPSA) is 0 Å². The lowest BCUT2D eigenvalue weighted by Gasteiger charge is -2.24. The molecule has 0 atom stereocenters. The Morgan fingerprint density at radius 3 is 2.54 bits per heavy atom. The summed E-state index contributed by atoms with van der Waals surface area (Å²) in [5.74, 6) is 0. The molecule has 1 aliphatic carbocycles. The first-order valence-electron chi connectivity index (χ1n) is 4.90. The normalized spacial score (nSPS) is 20.8. The predicted molar refractivity (Wildman–Crippen MR) is 63.0 cm³/mol. The number of alkyl halides is 1. The van der Waals surface area contributed by atoms with E-state index in [1.807, 2.05) is 11.3 Å². The van der Waals surface area contributed by atoms with E-state index in [0.717, 1.165) is 5.33 Å². The van der Waals surface area contributed by atoms with Crippen LogP contribution in [-0.2, 0) is 5.41 Å². The summed E-state index contributed by atoms with van der Waals surface area (Å²) in [6.07, 6.45) is 5.56. The number of hydrogen-bond donors (Lipinski definition) is 0. The van der Waals surface area contributed by atoms with Gasteiger partial charge in [-0.25, -0.2) is 0 Å². The summed E-state index contributed by atoms with van der Waals surface area (Å²) in [5, 5.41) is 1.14. The lowest BCUT2D eigenvalue weighted by Crippen LogP contribution is -2.22. The highest BCUT2D eigenvalue weighted by molar-refractivity contribution is 9.09. The Hall–Kier alpha value is 0.180. The molecule has 0 aliphatic heterocycles. The lowest BCUT2D eigenvalue weighted by molar-refractivity contribution is 0.516. The third kappa shape index (κ3) is 1.71. The number of aryl methyl sites for hydroxylation is 1. The minimum absolute atomic E-state index is 0.485. The van der Waals surface area contributed by atoms with Gasteiger partial charge < -0.3 is 0 Å². The fourth-order valence-electron chi connectivity index (χ4n) is 2.22. The van der Waals surface area contributed by atoms with E-state index in [1.165, 1.54) is 30.6 Å². The van der Waals surface area contributed by atoms with Crippen molar-refractivity contribution in [1.82, 2.24) is 0 Å². The minimum atomic E-state index is 0.485. The van der Waals surface area contributed by atoms with Crippen LogP contribution >= 0.6 is 27.3 Å². The molecule has 2 rings (SSSR count). The maximum Gasteiger partial charge on any atom is 0.0144 e. The van der Waals surface area contributed by atoms with Crippen LogP contribution in [0.1, 0.15) is 35.4 Å². The Balaban J connectivity index is 2.30. The second-order valence-electron chi connectivity index (χ2n) is 4.03. The highest BCUT2D eigenvalue weighted by atomic mass is 79.9. The van der Waals surface area contributed by atoms with Gasteiger partial charge in [0.15, 0.2) is 0 Å². The maximum atomic E-state index is 3.69. The fraction of sp³-hybridized carbons (Fsp3) is 0.636. The number of rotatable bonds is 2. The van der Waals surface area contributed by atoms with Crippen LogP contribution in [0.3, 0.4) is 0 Å². The third-order valence-electron chi connectivity index (χ3n) is 3.08. The van der Waals surface area contributed by atoms with Gasteiger partial charge in [0, 0.05) is 20.5 Å². The van der Waals surface area contributed by atoms with Gasteiger partial charge in [-0.05, 0) is 31.9 Å². The molecule has 0 bridgehead atoms. The fourth-order valence-corrected chi connectivity index (χ4v) is 4.38. The molecule has 0 amide bonds. The summed E-state index contributed by atoms with van der Waals surface area (Å²) in [6, 6.07) is 4.58. The molecule has 13 heavy (non-hydrogen) atoms. The van der Waals surface area contributed by atoms with E-state index in [-0.39, 0.29) is 0 Å². The largest absolute Gasteiger partial charge is 0.145 e. The quantitative estimate of drug-likeness (QED) is 0.696. The number of halogens is 1. The molecule has 1 fully saturated rings. The molecule has 0 unspecified atom stereocenters. The van der Waals surface area contributed by atoms with E-state index in [1.54, 1.807) is 4.88 Å². The summed E-state index contributed by atoms with van der Waals surface area (Å²) in [6.45, 7) is 2.20.